The van der Waals surface area contributed by atoms with Crippen LogP contribution in [0, 0.1) is 22.7 Å². The molecule has 9 heteroatoms. The van der Waals surface area contributed by atoms with Gasteiger partial charge in [0.2, 0.25) is 5.91 Å². The molecule has 0 bridgehead atoms. The molecule has 2 aromatic rings. The summed E-state index contributed by atoms with van der Waals surface area (Å²) in [4.78, 5) is 25.5. The maximum Gasteiger partial charge on any atom is 0.407 e. The molecule has 1 unspecified atom stereocenters. The van der Waals surface area contributed by atoms with Crippen molar-refractivity contribution >= 4 is 12.0 Å². The van der Waals surface area contributed by atoms with Crippen molar-refractivity contribution in [2.75, 3.05) is 13.1 Å². The molecule has 9 nitrogen and oxygen atoms in total. The van der Waals surface area contributed by atoms with Crippen molar-refractivity contribution in [2.24, 2.45) is 11.3 Å². The lowest BCUT2D eigenvalue weighted by Gasteiger charge is -2.30. The zero-order valence-electron chi connectivity index (χ0n) is 25.1. The summed E-state index contributed by atoms with van der Waals surface area (Å²) in [6.07, 6.45) is -1.91. The third-order valence-electron chi connectivity index (χ3n) is 6.52. The van der Waals surface area contributed by atoms with Gasteiger partial charge in [0.1, 0.15) is 11.5 Å². The predicted molar refractivity (Wildman–Crippen MR) is 159 cm³/mol. The molecule has 0 aliphatic rings. The van der Waals surface area contributed by atoms with Gasteiger partial charge < -0.3 is 30.9 Å². The number of hydrogen-bond donors (Lipinski definition) is 5. The molecular weight excluding hydrogens is 520 g/mol. The second kappa shape index (κ2) is 15.5. The Morgan fingerprint density at radius 2 is 1.24 bits per heavy atom. The highest BCUT2D eigenvalue weighted by Gasteiger charge is 2.34. The van der Waals surface area contributed by atoms with Gasteiger partial charge in [-0.15, -0.1) is 0 Å². The molecule has 0 aliphatic carbocycles. The van der Waals surface area contributed by atoms with Crippen LogP contribution in [-0.4, -0.2) is 65.2 Å². The van der Waals surface area contributed by atoms with Gasteiger partial charge in [-0.2, -0.15) is 5.26 Å². The summed E-state index contributed by atoms with van der Waals surface area (Å²) in [5, 5.41) is 40.5. The average Bonchev–Trinajstić information content (AvgIpc) is 2.87. The highest BCUT2D eigenvalue weighted by atomic mass is 16.6. The van der Waals surface area contributed by atoms with Gasteiger partial charge in [-0.05, 0) is 50.2 Å². The van der Waals surface area contributed by atoms with E-state index in [-0.39, 0.29) is 13.1 Å². The number of nitriles is 1. The van der Waals surface area contributed by atoms with Gasteiger partial charge >= 0.3 is 6.09 Å². The number of benzene rings is 2. The van der Waals surface area contributed by atoms with E-state index in [0.29, 0.717) is 12.8 Å². The molecule has 41 heavy (non-hydrogen) atoms. The number of rotatable bonds is 13. The van der Waals surface area contributed by atoms with Crippen LogP contribution in [0.4, 0.5) is 4.79 Å². The maximum absolute atomic E-state index is 13.0. The number of carbonyl (C=O) groups is 2. The first kappa shape index (κ1) is 33.8. The molecule has 5 atom stereocenters. The summed E-state index contributed by atoms with van der Waals surface area (Å²) in [6.45, 7) is 10.9. The Hall–Kier alpha value is -3.45. The molecule has 0 fully saturated rings. The van der Waals surface area contributed by atoms with Gasteiger partial charge in [0.15, 0.2) is 0 Å². The Bertz CT molecular complexity index is 1120. The molecule has 2 aromatic carbocycles. The summed E-state index contributed by atoms with van der Waals surface area (Å²) in [5.41, 5.74) is 0.595. The number of alkyl carbamates (subject to hydrolysis) is 1. The lowest BCUT2D eigenvalue weighted by Crippen LogP contribution is -2.53. The van der Waals surface area contributed by atoms with Crippen molar-refractivity contribution in [2.45, 2.75) is 84.3 Å². The smallest absolute Gasteiger partial charge is 0.407 e. The summed E-state index contributed by atoms with van der Waals surface area (Å²) >= 11 is 0. The molecule has 0 radical (unpaired) electrons. The molecule has 5 N–H and O–H groups in total. The molecule has 2 amide bonds. The van der Waals surface area contributed by atoms with Gasteiger partial charge in [0.25, 0.3) is 0 Å². The average molecular weight is 567 g/mol. The lowest BCUT2D eigenvalue weighted by atomic mass is 9.81. The number of nitrogens with zero attached hydrogens (tertiary/aromatic N) is 1. The predicted octanol–water partition coefficient (Wildman–Crippen LogP) is 3.35. The van der Waals surface area contributed by atoms with E-state index < -0.39 is 53.2 Å². The highest BCUT2D eigenvalue weighted by molar-refractivity contribution is 5.82. The van der Waals surface area contributed by atoms with E-state index >= 15 is 0 Å². The van der Waals surface area contributed by atoms with Gasteiger partial charge in [-0.25, -0.2) is 4.79 Å². The number of aliphatic hydroxyl groups is 2. The third-order valence-corrected chi connectivity index (χ3v) is 6.52. The molecule has 2 rings (SSSR count). The zero-order valence-corrected chi connectivity index (χ0v) is 25.1. The van der Waals surface area contributed by atoms with E-state index in [2.05, 4.69) is 22.0 Å². The molecule has 0 saturated carbocycles. The van der Waals surface area contributed by atoms with E-state index in [1.807, 2.05) is 81.4 Å². The van der Waals surface area contributed by atoms with Crippen molar-refractivity contribution in [1.29, 1.82) is 5.26 Å². The van der Waals surface area contributed by atoms with Crippen LogP contribution in [0.2, 0.25) is 0 Å². The molecule has 0 aromatic heterocycles. The summed E-state index contributed by atoms with van der Waals surface area (Å²) in [6, 6.07) is 19.7. The van der Waals surface area contributed by atoms with Crippen LogP contribution in [0.1, 0.15) is 52.7 Å². The van der Waals surface area contributed by atoms with Gasteiger partial charge in [0.05, 0.1) is 30.4 Å². The maximum atomic E-state index is 13.0. The van der Waals surface area contributed by atoms with Crippen LogP contribution >= 0.6 is 0 Å². The quantitative estimate of drug-likeness (QED) is 0.250. The van der Waals surface area contributed by atoms with Gasteiger partial charge in [-0.3, -0.25) is 4.79 Å². The Labute approximate surface area is 244 Å². The van der Waals surface area contributed by atoms with Crippen molar-refractivity contribution < 1.29 is 24.5 Å². The Balaban J connectivity index is 2.09. The minimum atomic E-state index is -1.02. The second-order valence-electron chi connectivity index (χ2n) is 12.5. The Morgan fingerprint density at radius 3 is 1.63 bits per heavy atom. The monoisotopic (exact) mass is 566 g/mol. The second-order valence-corrected chi connectivity index (χ2v) is 12.5. The van der Waals surface area contributed by atoms with Crippen LogP contribution in [0.25, 0.3) is 0 Å². The van der Waals surface area contributed by atoms with E-state index in [1.165, 1.54) is 0 Å². The summed E-state index contributed by atoms with van der Waals surface area (Å²) in [5.74, 6) is -1.33. The number of hydrogen-bond acceptors (Lipinski definition) is 7. The van der Waals surface area contributed by atoms with E-state index in [9.17, 15) is 25.1 Å². The minimum Gasteiger partial charge on any atom is -0.444 e. The van der Waals surface area contributed by atoms with Crippen LogP contribution in [0.15, 0.2) is 60.7 Å². The van der Waals surface area contributed by atoms with E-state index in [4.69, 9.17) is 4.74 Å². The van der Waals surface area contributed by atoms with Crippen molar-refractivity contribution in [3.63, 3.8) is 0 Å². The molecule has 0 aliphatic heterocycles. The standard InChI is InChI=1S/C32H46N4O5/c1-31(2,3)24(19-33)29(39)35-25(17-22-13-9-7-10-14-22)27(37)20-34-21-28(38)26(18-23-15-11-8-12-16-23)36-30(40)41-32(4,5)6/h7-16,24-28,34,37-38H,17-18,20-21H2,1-6H3,(H,35,39)(H,36,40)/t24?,25-,26-,27+,28+/m0/s1. The van der Waals surface area contributed by atoms with E-state index in [1.54, 1.807) is 20.8 Å². The van der Waals surface area contributed by atoms with Crippen LogP contribution in [0.3, 0.4) is 0 Å². The van der Waals surface area contributed by atoms with Crippen LogP contribution < -0.4 is 16.0 Å². The summed E-state index contributed by atoms with van der Waals surface area (Å²) < 4.78 is 5.39. The molecule has 0 heterocycles. The number of aliphatic hydroxyl groups excluding tert-OH is 2. The third kappa shape index (κ3) is 12.3. The number of carbonyl (C=O) groups excluding carboxylic acids is 2. The van der Waals surface area contributed by atoms with Crippen molar-refractivity contribution in [3.05, 3.63) is 71.8 Å². The largest absolute Gasteiger partial charge is 0.444 e. The van der Waals surface area contributed by atoms with Crippen molar-refractivity contribution in [3.8, 4) is 6.07 Å². The van der Waals surface area contributed by atoms with Gasteiger partial charge in [-0.1, -0.05) is 81.4 Å². The zero-order chi connectivity index (χ0) is 30.6. The van der Waals surface area contributed by atoms with E-state index in [0.717, 1.165) is 11.1 Å². The topological polar surface area (TPSA) is 144 Å². The number of nitrogens with one attached hydrogen (secondary N) is 3. The Morgan fingerprint density at radius 1 is 0.805 bits per heavy atom. The minimum absolute atomic E-state index is 0.0616. The fraction of sp³-hybridized carbons (Fsp3) is 0.531. The lowest BCUT2D eigenvalue weighted by molar-refractivity contribution is -0.127. The molecule has 224 valence electrons. The van der Waals surface area contributed by atoms with Gasteiger partial charge in [0, 0.05) is 13.1 Å². The van der Waals surface area contributed by atoms with Crippen LogP contribution in [-0.2, 0) is 22.4 Å². The van der Waals surface area contributed by atoms with Crippen LogP contribution in [0.5, 0.6) is 0 Å². The molecular formula is C32H46N4O5. The fourth-order valence-electron chi connectivity index (χ4n) is 4.34. The number of amides is 2. The summed E-state index contributed by atoms with van der Waals surface area (Å²) in [7, 11) is 0. The highest BCUT2D eigenvalue weighted by Crippen LogP contribution is 2.25. The fourth-order valence-corrected chi connectivity index (χ4v) is 4.34. The van der Waals surface area contributed by atoms with Crippen molar-refractivity contribution in [1.82, 2.24) is 16.0 Å². The molecule has 0 spiro atoms. The number of ether oxygens (including phenoxy) is 1. The SMILES string of the molecule is CC(C)(C)OC(=O)N[C@@H](Cc1ccccc1)[C@H](O)CNC[C@@H](O)[C@H](Cc1ccccc1)NC(=O)C(C#N)C(C)(C)C. The Kier molecular flexibility index (Phi) is 12.8. The first-order chi connectivity index (χ1) is 19.2. The molecule has 0 saturated heterocycles. The first-order valence-corrected chi connectivity index (χ1v) is 14.0. The normalized spacial score (nSPS) is 15.5. The first-order valence-electron chi connectivity index (χ1n) is 14.0.